The van der Waals surface area contributed by atoms with Gasteiger partial charge in [0.1, 0.15) is 0 Å². The van der Waals surface area contributed by atoms with Crippen molar-refractivity contribution in [1.82, 2.24) is 4.90 Å². The fraction of sp³-hybridized carbons (Fsp3) is 1.00. The van der Waals surface area contributed by atoms with Crippen molar-refractivity contribution in [1.29, 1.82) is 0 Å². The van der Waals surface area contributed by atoms with Crippen LogP contribution in [0.5, 0.6) is 0 Å². The highest BCUT2D eigenvalue weighted by molar-refractivity contribution is 4.81. The van der Waals surface area contributed by atoms with Gasteiger partial charge in [-0.3, -0.25) is 0 Å². The normalized spacial score (nSPS) is 27.4. The zero-order valence-corrected chi connectivity index (χ0v) is 11.3. The minimum atomic E-state index is 0.217. The zero-order chi connectivity index (χ0) is 12.2. The molecule has 1 aliphatic heterocycles. The SMILES string of the molecule is CCC1CC(N(C)CC(C)(C)CN)CCO1. The summed E-state index contributed by atoms with van der Waals surface area (Å²) in [5, 5.41) is 0. The molecule has 1 saturated heterocycles. The third kappa shape index (κ3) is 4.04. The van der Waals surface area contributed by atoms with Gasteiger partial charge in [-0.1, -0.05) is 20.8 Å². The van der Waals surface area contributed by atoms with Crippen LogP contribution in [0.3, 0.4) is 0 Å². The van der Waals surface area contributed by atoms with Crippen molar-refractivity contribution < 1.29 is 4.74 Å². The van der Waals surface area contributed by atoms with Crippen LogP contribution in [0.4, 0.5) is 0 Å². The first kappa shape index (κ1) is 13.9. The van der Waals surface area contributed by atoms with E-state index in [2.05, 4.69) is 32.7 Å². The van der Waals surface area contributed by atoms with Crippen molar-refractivity contribution >= 4 is 0 Å². The Kier molecular flexibility index (Phi) is 5.22. The zero-order valence-electron chi connectivity index (χ0n) is 11.3. The minimum absolute atomic E-state index is 0.217. The maximum atomic E-state index is 5.79. The highest BCUT2D eigenvalue weighted by atomic mass is 16.5. The summed E-state index contributed by atoms with van der Waals surface area (Å²) in [4.78, 5) is 2.47. The number of hydrogen-bond donors (Lipinski definition) is 1. The quantitative estimate of drug-likeness (QED) is 0.780. The van der Waals surface area contributed by atoms with Gasteiger partial charge in [-0.15, -0.1) is 0 Å². The third-order valence-corrected chi connectivity index (χ3v) is 3.65. The Balaban J connectivity index is 2.44. The van der Waals surface area contributed by atoms with E-state index in [1.54, 1.807) is 0 Å². The molecule has 0 radical (unpaired) electrons. The first-order valence-corrected chi connectivity index (χ1v) is 6.50. The Morgan fingerprint density at radius 2 is 2.12 bits per heavy atom. The van der Waals surface area contributed by atoms with Crippen LogP contribution in [0.25, 0.3) is 0 Å². The van der Waals surface area contributed by atoms with Crippen LogP contribution in [0.15, 0.2) is 0 Å². The Labute approximate surface area is 100 Å². The van der Waals surface area contributed by atoms with Gasteiger partial charge in [0.05, 0.1) is 6.10 Å². The minimum Gasteiger partial charge on any atom is -0.378 e. The summed E-state index contributed by atoms with van der Waals surface area (Å²) in [6.07, 6.45) is 3.92. The molecule has 0 saturated carbocycles. The fourth-order valence-electron chi connectivity index (χ4n) is 2.41. The summed E-state index contributed by atoms with van der Waals surface area (Å²) < 4.78 is 5.71. The summed E-state index contributed by atoms with van der Waals surface area (Å²) in [7, 11) is 2.22. The first-order chi connectivity index (χ1) is 7.48. The highest BCUT2D eigenvalue weighted by Gasteiger charge is 2.27. The van der Waals surface area contributed by atoms with Crippen LogP contribution < -0.4 is 5.73 Å². The summed E-state index contributed by atoms with van der Waals surface area (Å²) in [5.74, 6) is 0. The molecule has 2 N–H and O–H groups in total. The molecular formula is C13H28N2O. The van der Waals surface area contributed by atoms with E-state index >= 15 is 0 Å². The van der Waals surface area contributed by atoms with Crippen molar-refractivity contribution in [2.75, 3.05) is 26.7 Å². The number of hydrogen-bond acceptors (Lipinski definition) is 3. The van der Waals surface area contributed by atoms with E-state index in [1.165, 1.54) is 6.42 Å². The predicted molar refractivity (Wildman–Crippen MR) is 68.5 cm³/mol. The van der Waals surface area contributed by atoms with Gasteiger partial charge < -0.3 is 15.4 Å². The molecule has 0 aromatic carbocycles. The third-order valence-electron chi connectivity index (χ3n) is 3.65. The van der Waals surface area contributed by atoms with Crippen LogP contribution in [0.1, 0.15) is 40.0 Å². The molecule has 2 unspecified atom stereocenters. The second-order valence-corrected chi connectivity index (χ2v) is 5.86. The molecule has 96 valence electrons. The molecule has 0 bridgehead atoms. The molecule has 1 fully saturated rings. The van der Waals surface area contributed by atoms with Gasteiger partial charge in [-0.05, 0) is 38.3 Å². The molecular weight excluding hydrogens is 200 g/mol. The molecule has 16 heavy (non-hydrogen) atoms. The Morgan fingerprint density at radius 3 is 2.69 bits per heavy atom. The molecule has 1 aliphatic rings. The highest BCUT2D eigenvalue weighted by Crippen LogP contribution is 2.23. The van der Waals surface area contributed by atoms with E-state index in [4.69, 9.17) is 10.5 Å². The lowest BCUT2D eigenvalue weighted by Gasteiger charge is -2.38. The van der Waals surface area contributed by atoms with Crippen molar-refractivity contribution in [3.8, 4) is 0 Å². The summed E-state index contributed by atoms with van der Waals surface area (Å²) in [5.41, 5.74) is 6.00. The van der Waals surface area contributed by atoms with Crippen molar-refractivity contribution in [3.05, 3.63) is 0 Å². The van der Waals surface area contributed by atoms with Crippen LogP contribution in [-0.4, -0.2) is 43.8 Å². The van der Waals surface area contributed by atoms with Crippen molar-refractivity contribution in [2.24, 2.45) is 11.1 Å². The van der Waals surface area contributed by atoms with Crippen LogP contribution in [0, 0.1) is 5.41 Å². The molecule has 3 nitrogen and oxygen atoms in total. The summed E-state index contributed by atoms with van der Waals surface area (Å²) in [6.45, 7) is 9.41. The van der Waals surface area contributed by atoms with Gasteiger partial charge in [0.2, 0.25) is 0 Å². The fourth-order valence-corrected chi connectivity index (χ4v) is 2.41. The maximum Gasteiger partial charge on any atom is 0.0587 e. The van der Waals surface area contributed by atoms with Gasteiger partial charge in [0, 0.05) is 19.2 Å². The molecule has 3 heteroatoms. The molecule has 1 rings (SSSR count). The lowest BCUT2D eigenvalue weighted by atomic mass is 9.91. The summed E-state index contributed by atoms with van der Waals surface area (Å²) >= 11 is 0. The number of ether oxygens (including phenoxy) is 1. The lowest BCUT2D eigenvalue weighted by Crippen LogP contribution is -2.45. The van der Waals surface area contributed by atoms with E-state index < -0.39 is 0 Å². The molecule has 0 aromatic rings. The van der Waals surface area contributed by atoms with Gasteiger partial charge in [0.25, 0.3) is 0 Å². The smallest absolute Gasteiger partial charge is 0.0587 e. The van der Waals surface area contributed by atoms with Crippen molar-refractivity contribution in [2.45, 2.75) is 52.2 Å². The number of nitrogens with two attached hydrogens (primary N) is 1. The van der Waals surface area contributed by atoms with E-state index in [0.29, 0.717) is 12.1 Å². The van der Waals surface area contributed by atoms with Gasteiger partial charge in [0.15, 0.2) is 0 Å². The van der Waals surface area contributed by atoms with E-state index in [-0.39, 0.29) is 5.41 Å². The lowest BCUT2D eigenvalue weighted by molar-refractivity contribution is -0.0283. The molecule has 2 atom stereocenters. The molecule has 0 amide bonds. The standard InChI is InChI=1S/C13H28N2O/c1-5-12-8-11(6-7-16-12)15(4)10-13(2,3)9-14/h11-12H,5-10,14H2,1-4H3. The Bertz CT molecular complexity index is 206. The van der Waals surface area contributed by atoms with Crippen LogP contribution in [0.2, 0.25) is 0 Å². The molecule has 0 aliphatic carbocycles. The average molecular weight is 228 g/mol. The van der Waals surface area contributed by atoms with Crippen LogP contribution >= 0.6 is 0 Å². The monoisotopic (exact) mass is 228 g/mol. The van der Waals surface area contributed by atoms with Gasteiger partial charge in [-0.2, -0.15) is 0 Å². The van der Waals surface area contributed by atoms with Gasteiger partial charge in [-0.25, -0.2) is 0 Å². The predicted octanol–water partition coefficient (Wildman–Crippen LogP) is 1.86. The number of rotatable bonds is 5. The molecule has 1 heterocycles. The average Bonchev–Trinajstić information content (AvgIpc) is 2.28. The number of nitrogens with zero attached hydrogens (tertiary/aromatic N) is 1. The maximum absolute atomic E-state index is 5.79. The van der Waals surface area contributed by atoms with E-state index in [0.717, 1.165) is 32.5 Å². The molecule has 0 aromatic heterocycles. The first-order valence-electron chi connectivity index (χ1n) is 6.50. The van der Waals surface area contributed by atoms with E-state index in [1.807, 2.05) is 0 Å². The van der Waals surface area contributed by atoms with Crippen LogP contribution in [-0.2, 0) is 4.74 Å². The topological polar surface area (TPSA) is 38.5 Å². The largest absolute Gasteiger partial charge is 0.378 e. The second-order valence-electron chi connectivity index (χ2n) is 5.86. The second kappa shape index (κ2) is 5.99. The Morgan fingerprint density at radius 1 is 1.44 bits per heavy atom. The Hall–Kier alpha value is -0.120. The van der Waals surface area contributed by atoms with E-state index in [9.17, 15) is 0 Å². The van der Waals surface area contributed by atoms with Crippen molar-refractivity contribution in [3.63, 3.8) is 0 Å². The molecule has 0 spiro atoms. The van der Waals surface area contributed by atoms with Gasteiger partial charge >= 0.3 is 0 Å². The summed E-state index contributed by atoms with van der Waals surface area (Å²) in [6, 6.07) is 0.671.